The van der Waals surface area contributed by atoms with Gasteiger partial charge in [0.15, 0.2) is 0 Å². The topological polar surface area (TPSA) is 71.3 Å². The zero-order valence-electron chi connectivity index (χ0n) is 15.8. The molecule has 2 aromatic heterocycles. The third kappa shape index (κ3) is 4.95. The van der Waals surface area contributed by atoms with E-state index in [1.165, 1.54) is 4.88 Å². The molecule has 3 rings (SSSR count). The molecule has 7 heteroatoms. The molecule has 2 heterocycles. The number of carbonyl (C=O) groups is 1. The van der Waals surface area contributed by atoms with Gasteiger partial charge in [-0.15, -0.1) is 21.5 Å². The summed E-state index contributed by atoms with van der Waals surface area (Å²) < 4.78 is 5.58. The normalized spacial score (nSPS) is 11.0. The fraction of sp³-hybridized carbons (Fsp3) is 0.350. The van der Waals surface area contributed by atoms with Gasteiger partial charge in [0.2, 0.25) is 11.8 Å². The number of nitrogens with zero attached hydrogens (tertiary/aromatic N) is 3. The molecule has 1 aromatic carbocycles. The number of benzene rings is 1. The second-order valence-corrected chi connectivity index (χ2v) is 7.52. The third-order valence-electron chi connectivity index (χ3n) is 4.16. The molecule has 0 spiro atoms. The molecule has 0 aliphatic rings. The molecule has 6 nitrogen and oxygen atoms in total. The lowest BCUT2D eigenvalue weighted by atomic mass is 10.1. The van der Waals surface area contributed by atoms with Crippen LogP contribution in [0, 0.1) is 0 Å². The summed E-state index contributed by atoms with van der Waals surface area (Å²) in [7, 11) is 0. The van der Waals surface area contributed by atoms with Crippen molar-refractivity contribution in [2.45, 2.75) is 46.3 Å². The molecule has 0 aliphatic heterocycles. The Hall–Kier alpha value is -2.67. The number of nitrogens with one attached hydrogen (secondary N) is 1. The van der Waals surface area contributed by atoms with Crippen LogP contribution in [-0.4, -0.2) is 27.0 Å². The van der Waals surface area contributed by atoms with Crippen LogP contribution in [0.1, 0.15) is 47.8 Å². The minimum atomic E-state index is -0.0546. The monoisotopic (exact) mass is 384 g/mol. The van der Waals surface area contributed by atoms with E-state index in [4.69, 9.17) is 4.42 Å². The Morgan fingerprint density at radius 3 is 2.70 bits per heavy atom. The Morgan fingerprint density at radius 1 is 1.22 bits per heavy atom. The average Bonchev–Trinajstić information content (AvgIpc) is 3.35. The van der Waals surface area contributed by atoms with Crippen LogP contribution in [0.5, 0.6) is 0 Å². The highest BCUT2D eigenvalue weighted by molar-refractivity contribution is 7.09. The van der Waals surface area contributed by atoms with Crippen molar-refractivity contribution in [3.05, 3.63) is 64.0 Å². The summed E-state index contributed by atoms with van der Waals surface area (Å²) >= 11 is 1.71. The Labute approximate surface area is 163 Å². The number of aryl methyl sites for hydroxylation is 1. The zero-order valence-corrected chi connectivity index (χ0v) is 16.6. The number of hydrogen-bond acceptors (Lipinski definition) is 6. The summed E-state index contributed by atoms with van der Waals surface area (Å²) in [4.78, 5) is 16.1. The van der Waals surface area contributed by atoms with Crippen molar-refractivity contribution < 1.29 is 9.21 Å². The van der Waals surface area contributed by atoms with Gasteiger partial charge < -0.3 is 14.6 Å². The fourth-order valence-corrected chi connectivity index (χ4v) is 3.30. The van der Waals surface area contributed by atoms with Crippen LogP contribution in [0.15, 0.2) is 46.2 Å². The van der Waals surface area contributed by atoms with Crippen molar-refractivity contribution >= 4 is 22.9 Å². The van der Waals surface area contributed by atoms with Crippen molar-refractivity contribution in [1.82, 2.24) is 15.1 Å². The van der Waals surface area contributed by atoms with Gasteiger partial charge in [0.25, 0.3) is 5.91 Å². The van der Waals surface area contributed by atoms with Crippen LogP contribution in [-0.2, 0) is 19.5 Å². The molecule has 0 aliphatic carbocycles. The standard InChI is InChI=1S/C20H24N4O2S/c1-4-18-22-23-19(26-18)13-24(14(2)3)20(25)15-7-5-8-16(11-15)21-12-17-9-6-10-27-17/h5-11,14,21H,4,12-13H2,1-3H3. The molecule has 27 heavy (non-hydrogen) atoms. The average molecular weight is 385 g/mol. The second kappa shape index (κ2) is 8.81. The van der Waals surface area contributed by atoms with Crippen molar-refractivity contribution in [2.24, 2.45) is 0 Å². The Balaban J connectivity index is 1.72. The number of hydrogen-bond donors (Lipinski definition) is 1. The minimum absolute atomic E-state index is 0.0113. The number of aromatic nitrogens is 2. The first-order chi connectivity index (χ1) is 13.1. The van der Waals surface area contributed by atoms with Gasteiger partial charge in [0.1, 0.15) is 0 Å². The van der Waals surface area contributed by atoms with E-state index in [0.29, 0.717) is 30.3 Å². The van der Waals surface area contributed by atoms with Crippen LogP contribution < -0.4 is 5.32 Å². The van der Waals surface area contributed by atoms with Crippen LogP contribution in [0.4, 0.5) is 5.69 Å². The highest BCUT2D eigenvalue weighted by atomic mass is 32.1. The molecule has 1 N–H and O–H groups in total. The van der Waals surface area contributed by atoms with Crippen molar-refractivity contribution in [2.75, 3.05) is 5.32 Å². The molecule has 3 aromatic rings. The number of thiophene rings is 1. The lowest BCUT2D eigenvalue weighted by molar-refractivity contribution is 0.0671. The molecular weight excluding hydrogens is 360 g/mol. The van der Waals surface area contributed by atoms with Crippen LogP contribution in [0.2, 0.25) is 0 Å². The maximum absolute atomic E-state index is 13.1. The summed E-state index contributed by atoms with van der Waals surface area (Å²) in [5.74, 6) is 0.989. The van der Waals surface area contributed by atoms with Gasteiger partial charge in [-0.05, 0) is 43.5 Å². The Kier molecular flexibility index (Phi) is 6.24. The van der Waals surface area contributed by atoms with Crippen LogP contribution in [0.3, 0.4) is 0 Å². The zero-order chi connectivity index (χ0) is 19.2. The van der Waals surface area contributed by atoms with Gasteiger partial charge in [-0.1, -0.05) is 19.1 Å². The van der Waals surface area contributed by atoms with E-state index in [2.05, 4.69) is 27.0 Å². The maximum atomic E-state index is 13.1. The Morgan fingerprint density at radius 2 is 2.04 bits per heavy atom. The van der Waals surface area contributed by atoms with Crippen LogP contribution in [0.25, 0.3) is 0 Å². The molecule has 0 fully saturated rings. The highest BCUT2D eigenvalue weighted by Crippen LogP contribution is 2.18. The summed E-state index contributed by atoms with van der Waals surface area (Å²) in [5.41, 5.74) is 1.55. The van der Waals surface area contributed by atoms with E-state index in [9.17, 15) is 4.79 Å². The van der Waals surface area contributed by atoms with E-state index in [1.807, 2.05) is 51.1 Å². The van der Waals surface area contributed by atoms with Crippen LogP contribution >= 0.6 is 11.3 Å². The molecule has 142 valence electrons. The van der Waals surface area contributed by atoms with Gasteiger partial charge in [-0.2, -0.15) is 0 Å². The predicted molar refractivity (Wildman–Crippen MR) is 107 cm³/mol. The summed E-state index contributed by atoms with van der Waals surface area (Å²) in [6.45, 7) is 6.96. The lowest BCUT2D eigenvalue weighted by Gasteiger charge is -2.25. The molecule has 0 bridgehead atoms. The highest BCUT2D eigenvalue weighted by Gasteiger charge is 2.22. The number of amides is 1. The van der Waals surface area contributed by atoms with E-state index < -0.39 is 0 Å². The lowest BCUT2D eigenvalue weighted by Crippen LogP contribution is -2.36. The first-order valence-corrected chi connectivity index (χ1v) is 9.93. The summed E-state index contributed by atoms with van der Waals surface area (Å²) in [6.07, 6.45) is 0.681. The van der Waals surface area contributed by atoms with Crippen molar-refractivity contribution in [3.8, 4) is 0 Å². The molecule has 0 atom stereocenters. The van der Waals surface area contributed by atoms with Gasteiger partial charge in [-0.25, -0.2) is 0 Å². The molecule has 0 saturated carbocycles. The van der Waals surface area contributed by atoms with Crippen molar-refractivity contribution in [1.29, 1.82) is 0 Å². The first-order valence-electron chi connectivity index (χ1n) is 9.05. The SMILES string of the molecule is CCc1nnc(CN(C(=O)c2cccc(NCc3cccs3)c2)C(C)C)o1. The quantitative estimate of drug-likeness (QED) is 0.625. The summed E-state index contributed by atoms with van der Waals surface area (Å²) in [6, 6.07) is 11.7. The molecule has 1 amide bonds. The molecule has 0 radical (unpaired) electrons. The van der Waals surface area contributed by atoms with Gasteiger partial charge in [-0.3, -0.25) is 4.79 Å². The van der Waals surface area contributed by atoms with Crippen molar-refractivity contribution in [3.63, 3.8) is 0 Å². The molecule has 0 saturated heterocycles. The second-order valence-electron chi connectivity index (χ2n) is 6.48. The number of carbonyl (C=O) groups excluding carboxylic acids is 1. The van der Waals surface area contributed by atoms with E-state index in [-0.39, 0.29) is 11.9 Å². The first kappa shape index (κ1) is 19.1. The van der Waals surface area contributed by atoms with Gasteiger partial charge >= 0.3 is 0 Å². The van der Waals surface area contributed by atoms with Gasteiger partial charge in [0.05, 0.1) is 6.54 Å². The van der Waals surface area contributed by atoms with E-state index in [0.717, 1.165) is 12.2 Å². The molecule has 0 unspecified atom stereocenters. The van der Waals surface area contributed by atoms with E-state index >= 15 is 0 Å². The minimum Gasteiger partial charge on any atom is -0.423 e. The number of anilines is 1. The number of rotatable bonds is 8. The Bertz CT molecular complexity index is 874. The smallest absolute Gasteiger partial charge is 0.254 e. The largest absolute Gasteiger partial charge is 0.423 e. The molecular formula is C20H24N4O2S. The van der Waals surface area contributed by atoms with E-state index in [1.54, 1.807) is 16.2 Å². The maximum Gasteiger partial charge on any atom is 0.254 e. The predicted octanol–water partition coefficient (Wildman–Crippen LogP) is 4.36. The fourth-order valence-electron chi connectivity index (χ4n) is 2.66. The third-order valence-corrected chi connectivity index (χ3v) is 5.03. The van der Waals surface area contributed by atoms with Gasteiger partial charge in [0, 0.05) is 35.1 Å². The summed E-state index contributed by atoms with van der Waals surface area (Å²) in [5, 5.41) is 13.4.